The summed E-state index contributed by atoms with van der Waals surface area (Å²) in [5.74, 6) is 1.60. The Morgan fingerprint density at radius 1 is 0.848 bits per heavy atom. The molecule has 5 rings (SSSR count). The second kappa shape index (κ2) is 17.5. The Morgan fingerprint density at radius 2 is 1.63 bits per heavy atom. The van der Waals surface area contributed by atoms with Crippen LogP contribution in [0.4, 0.5) is 0 Å². The van der Waals surface area contributed by atoms with E-state index in [1.54, 1.807) is 14.2 Å². The molecule has 2 aliphatic carbocycles. The molecule has 3 saturated heterocycles. The summed E-state index contributed by atoms with van der Waals surface area (Å²) >= 11 is 0. The zero-order chi connectivity index (χ0) is 32.8. The summed E-state index contributed by atoms with van der Waals surface area (Å²) in [6.45, 7) is 3.73. The number of rotatable bonds is 12. The average Bonchev–Trinajstić information content (AvgIpc) is 3.04. The van der Waals surface area contributed by atoms with Crippen molar-refractivity contribution in [2.75, 3.05) is 34.0 Å². The second-order valence-corrected chi connectivity index (χ2v) is 15.6. The van der Waals surface area contributed by atoms with E-state index in [9.17, 15) is 20.4 Å². The molecule has 2 saturated carbocycles. The molecule has 16 atom stereocenters. The lowest BCUT2D eigenvalue weighted by Gasteiger charge is -2.46. The first-order valence-electron chi connectivity index (χ1n) is 18.4. The van der Waals surface area contributed by atoms with Crippen molar-refractivity contribution >= 4 is 0 Å². The molecule has 0 aromatic heterocycles. The Kier molecular flexibility index (Phi) is 14.0. The number of hydrogen-bond acceptors (Lipinski definition) is 11. The number of methoxy groups -OCH3 is 2. The first-order valence-corrected chi connectivity index (χ1v) is 18.4. The maximum absolute atomic E-state index is 11.3. The van der Waals surface area contributed by atoms with Crippen molar-refractivity contribution in [3.8, 4) is 0 Å². The molecule has 8 N–H and O–H groups in total. The molecule has 5 aliphatic rings. The molecule has 0 bridgehead atoms. The van der Waals surface area contributed by atoms with Crippen molar-refractivity contribution in [2.45, 2.75) is 157 Å². The summed E-state index contributed by atoms with van der Waals surface area (Å²) in [6.07, 6.45) is 8.56. The highest BCUT2D eigenvalue weighted by atomic mass is 16.5. The largest absolute Gasteiger partial charge is 0.396 e. The van der Waals surface area contributed by atoms with E-state index in [2.05, 4.69) is 17.6 Å². The minimum absolute atomic E-state index is 0.0130. The zero-order valence-corrected chi connectivity index (χ0v) is 28.6. The number of nitrogens with two attached hydrogens (primary N) is 1. The molecule has 11 heteroatoms. The highest BCUT2D eigenvalue weighted by Gasteiger charge is 2.45. The van der Waals surface area contributed by atoms with E-state index in [-0.39, 0.29) is 73.1 Å². The molecule has 268 valence electrons. The summed E-state index contributed by atoms with van der Waals surface area (Å²) < 4.78 is 24.6. The van der Waals surface area contributed by atoms with Crippen LogP contribution in [0.25, 0.3) is 0 Å². The van der Waals surface area contributed by atoms with Crippen molar-refractivity contribution in [1.29, 1.82) is 0 Å². The van der Waals surface area contributed by atoms with Crippen molar-refractivity contribution in [1.82, 2.24) is 10.6 Å². The number of ether oxygens (including phenoxy) is 4. The lowest BCUT2D eigenvalue weighted by atomic mass is 9.72. The van der Waals surface area contributed by atoms with E-state index in [1.165, 1.54) is 0 Å². The van der Waals surface area contributed by atoms with Gasteiger partial charge in [0.1, 0.15) is 6.10 Å². The molecular weight excluding hydrogens is 590 g/mol. The standard InChI is InChI=1S/C35H65N3O8/c1-20-10-24(18-39)27(11-22-8-9-37-34(36)13-22)28(38-20)19-45-33-15-23(14-32(44-3)35(33)42)30-17-25(40)16-26(46-30)6-4-21-5-7-29(41)31(12-21)43-2/h20-35,37-42H,4-19,36H2,1-3H3/t20-,21?,22?,23?,24+,25+,26+,27+,28-,29?,30-,31?,32?,33?,34?,35?/m1/s1. The van der Waals surface area contributed by atoms with Crippen LogP contribution in [-0.4, -0.2) is 121 Å². The maximum atomic E-state index is 11.3. The zero-order valence-electron chi connectivity index (χ0n) is 28.6. The van der Waals surface area contributed by atoms with Crippen molar-refractivity contribution in [3.05, 3.63) is 0 Å². The minimum atomic E-state index is -0.739. The van der Waals surface area contributed by atoms with Crippen molar-refractivity contribution < 1.29 is 39.4 Å². The molecule has 0 spiro atoms. The highest BCUT2D eigenvalue weighted by Crippen LogP contribution is 2.40. The van der Waals surface area contributed by atoms with Crippen LogP contribution in [0.1, 0.15) is 90.4 Å². The molecule has 0 aromatic carbocycles. The fraction of sp³-hybridized carbons (Fsp3) is 1.00. The van der Waals surface area contributed by atoms with Crippen LogP contribution in [0.5, 0.6) is 0 Å². The van der Waals surface area contributed by atoms with Gasteiger partial charge in [0.25, 0.3) is 0 Å². The number of piperidine rings is 2. The van der Waals surface area contributed by atoms with Gasteiger partial charge in [-0.2, -0.15) is 0 Å². The molecule has 3 heterocycles. The Labute approximate surface area is 276 Å². The molecule has 5 fully saturated rings. The van der Waals surface area contributed by atoms with Gasteiger partial charge >= 0.3 is 0 Å². The van der Waals surface area contributed by atoms with E-state index in [4.69, 9.17) is 24.7 Å². The molecule has 11 nitrogen and oxygen atoms in total. The van der Waals surface area contributed by atoms with Gasteiger partial charge < -0.3 is 55.7 Å². The topological polar surface area (TPSA) is 168 Å². The van der Waals surface area contributed by atoms with E-state index in [0.717, 1.165) is 64.3 Å². The van der Waals surface area contributed by atoms with Gasteiger partial charge in [0.15, 0.2) is 0 Å². The summed E-state index contributed by atoms with van der Waals surface area (Å²) in [6, 6.07) is 0.359. The van der Waals surface area contributed by atoms with Crippen LogP contribution in [0.3, 0.4) is 0 Å². The third kappa shape index (κ3) is 9.62. The van der Waals surface area contributed by atoms with Crippen LogP contribution >= 0.6 is 0 Å². The fourth-order valence-corrected chi connectivity index (χ4v) is 9.68. The highest BCUT2D eigenvalue weighted by molar-refractivity contribution is 4.96. The van der Waals surface area contributed by atoms with Crippen LogP contribution in [0, 0.1) is 29.6 Å². The molecule has 0 radical (unpaired) electrons. The lowest BCUT2D eigenvalue weighted by molar-refractivity contribution is -0.179. The summed E-state index contributed by atoms with van der Waals surface area (Å²) in [5, 5.41) is 49.9. The van der Waals surface area contributed by atoms with E-state index in [1.807, 2.05) is 0 Å². The number of aliphatic hydroxyl groups excluding tert-OH is 4. The molecule has 46 heavy (non-hydrogen) atoms. The van der Waals surface area contributed by atoms with E-state index in [0.29, 0.717) is 44.1 Å². The van der Waals surface area contributed by atoms with E-state index >= 15 is 0 Å². The van der Waals surface area contributed by atoms with Gasteiger partial charge in [0.05, 0.1) is 55.5 Å². The van der Waals surface area contributed by atoms with Crippen LogP contribution in [0.15, 0.2) is 0 Å². The molecule has 9 unspecified atom stereocenters. The Balaban J connectivity index is 1.19. The van der Waals surface area contributed by atoms with Crippen molar-refractivity contribution in [2.24, 2.45) is 35.3 Å². The van der Waals surface area contributed by atoms with Gasteiger partial charge in [-0.25, -0.2) is 0 Å². The molecular formula is C35H65N3O8. The smallest absolute Gasteiger partial charge is 0.106 e. The normalized spacial score (nSPS) is 47.5. The van der Waals surface area contributed by atoms with Gasteiger partial charge in [0, 0.05) is 32.9 Å². The Bertz CT molecular complexity index is 904. The van der Waals surface area contributed by atoms with Crippen LogP contribution in [-0.2, 0) is 18.9 Å². The number of nitrogens with one attached hydrogen (secondary N) is 2. The van der Waals surface area contributed by atoms with Crippen LogP contribution in [0.2, 0.25) is 0 Å². The SMILES string of the molecule is COC1CC(CC[C@H]2C[C@H](O)C[C@H](C3CC(OC)C(O)C(OC[C@H]4N[C@H](C)C[C@@H](CO)[C@@H]4CC4CCNC(N)C4)C3)O2)CCC1O. The molecule has 0 aromatic rings. The number of hydrogen-bond donors (Lipinski definition) is 7. The Hall–Kier alpha value is -0.440. The van der Waals surface area contributed by atoms with Crippen molar-refractivity contribution in [3.63, 3.8) is 0 Å². The van der Waals surface area contributed by atoms with E-state index < -0.39 is 18.3 Å². The third-order valence-corrected chi connectivity index (χ3v) is 12.3. The monoisotopic (exact) mass is 655 g/mol. The van der Waals surface area contributed by atoms with Crippen LogP contribution < -0.4 is 16.4 Å². The van der Waals surface area contributed by atoms with Gasteiger partial charge in [0.2, 0.25) is 0 Å². The average molecular weight is 656 g/mol. The predicted molar refractivity (Wildman–Crippen MR) is 175 cm³/mol. The molecule has 0 amide bonds. The van der Waals surface area contributed by atoms with Gasteiger partial charge in [-0.05, 0) is 127 Å². The summed E-state index contributed by atoms with van der Waals surface area (Å²) in [5.41, 5.74) is 6.23. The fourth-order valence-electron chi connectivity index (χ4n) is 9.68. The quantitative estimate of drug-likeness (QED) is 0.163. The van der Waals surface area contributed by atoms with Gasteiger partial charge in [-0.15, -0.1) is 0 Å². The Morgan fingerprint density at radius 3 is 2.37 bits per heavy atom. The lowest BCUT2D eigenvalue weighted by Crippen LogP contribution is -2.56. The third-order valence-electron chi connectivity index (χ3n) is 12.3. The molecule has 3 aliphatic heterocycles. The maximum Gasteiger partial charge on any atom is 0.106 e. The van der Waals surface area contributed by atoms with Gasteiger partial charge in [-0.3, -0.25) is 0 Å². The first kappa shape index (κ1) is 36.8. The van der Waals surface area contributed by atoms with Gasteiger partial charge in [-0.1, -0.05) is 0 Å². The first-order chi connectivity index (χ1) is 22.2. The summed E-state index contributed by atoms with van der Waals surface area (Å²) in [7, 11) is 3.33. The summed E-state index contributed by atoms with van der Waals surface area (Å²) in [4.78, 5) is 0. The minimum Gasteiger partial charge on any atom is -0.396 e. The predicted octanol–water partition coefficient (Wildman–Crippen LogP) is 1.67. The second-order valence-electron chi connectivity index (χ2n) is 15.6. The number of aliphatic hydroxyl groups is 4.